The van der Waals surface area contributed by atoms with Crippen molar-refractivity contribution < 1.29 is 9.21 Å². The Morgan fingerprint density at radius 3 is 2.88 bits per heavy atom. The molecule has 5 heteroatoms. The third kappa shape index (κ3) is 2.22. The molecule has 1 aromatic rings. The number of amides is 1. The maximum Gasteiger partial charge on any atom is 0.225 e. The van der Waals surface area contributed by atoms with Gasteiger partial charge in [-0.2, -0.15) is 5.26 Å². The maximum absolute atomic E-state index is 11.6. The topological polar surface area (TPSA) is 66.0 Å². The summed E-state index contributed by atoms with van der Waals surface area (Å²) in [5.74, 6) is 1.13. The molecule has 0 bridgehead atoms. The van der Waals surface area contributed by atoms with E-state index in [2.05, 4.69) is 11.4 Å². The van der Waals surface area contributed by atoms with E-state index in [1.165, 1.54) is 11.8 Å². The molecule has 17 heavy (non-hydrogen) atoms. The Morgan fingerprint density at radius 2 is 2.35 bits per heavy atom. The Bertz CT molecular complexity index is 525. The van der Waals surface area contributed by atoms with Crippen molar-refractivity contribution >= 4 is 17.7 Å². The lowest BCUT2D eigenvalue weighted by Crippen LogP contribution is -2.30. The minimum Gasteiger partial charge on any atom is -0.466 e. The smallest absolute Gasteiger partial charge is 0.225 e. The molecule has 1 atom stereocenters. The molecule has 0 aromatic carbocycles. The standard InChI is InChI=1S/C12H12N2O2S/c1-7-3-4-10(16-7)8-5-11(15)14-12(17-2)9(8)6-13/h3-4,8H,5H2,1-2H3,(H,14,15). The largest absolute Gasteiger partial charge is 0.466 e. The highest BCUT2D eigenvalue weighted by atomic mass is 32.2. The second-order valence-electron chi connectivity index (χ2n) is 3.81. The number of nitriles is 1. The van der Waals surface area contributed by atoms with E-state index in [-0.39, 0.29) is 18.2 Å². The second-order valence-corrected chi connectivity index (χ2v) is 4.63. The van der Waals surface area contributed by atoms with Gasteiger partial charge in [-0.15, -0.1) is 11.8 Å². The summed E-state index contributed by atoms with van der Waals surface area (Å²) in [4.78, 5) is 11.6. The number of nitrogens with one attached hydrogen (secondary N) is 1. The summed E-state index contributed by atoms with van der Waals surface area (Å²) < 4.78 is 5.52. The number of carbonyl (C=O) groups excluding carboxylic acids is 1. The lowest BCUT2D eigenvalue weighted by molar-refractivity contribution is -0.120. The number of thioether (sulfide) groups is 1. The molecule has 1 N–H and O–H groups in total. The Hall–Kier alpha value is -1.67. The fourth-order valence-corrected chi connectivity index (χ4v) is 2.49. The van der Waals surface area contributed by atoms with Crippen LogP contribution in [0.25, 0.3) is 0 Å². The normalized spacial score (nSPS) is 20.1. The minimum atomic E-state index is -0.259. The molecule has 88 valence electrons. The van der Waals surface area contributed by atoms with E-state index in [9.17, 15) is 10.1 Å². The molecule has 1 aliphatic heterocycles. The average molecular weight is 248 g/mol. The summed E-state index contributed by atoms with van der Waals surface area (Å²) in [6, 6.07) is 5.84. The van der Waals surface area contributed by atoms with E-state index in [1.807, 2.05) is 25.3 Å². The molecule has 2 heterocycles. The number of nitrogens with zero attached hydrogens (tertiary/aromatic N) is 1. The van der Waals surface area contributed by atoms with Crippen LogP contribution in [-0.2, 0) is 4.79 Å². The molecular formula is C12H12N2O2S. The molecular weight excluding hydrogens is 236 g/mol. The van der Waals surface area contributed by atoms with Crippen molar-refractivity contribution in [1.82, 2.24) is 5.32 Å². The summed E-state index contributed by atoms with van der Waals surface area (Å²) in [7, 11) is 0. The van der Waals surface area contributed by atoms with Crippen LogP contribution in [0.2, 0.25) is 0 Å². The first-order valence-corrected chi connectivity index (χ1v) is 6.42. The van der Waals surface area contributed by atoms with Crippen molar-refractivity contribution in [2.45, 2.75) is 19.3 Å². The Morgan fingerprint density at radius 1 is 1.59 bits per heavy atom. The average Bonchev–Trinajstić information content (AvgIpc) is 2.74. The van der Waals surface area contributed by atoms with Gasteiger partial charge in [0.05, 0.1) is 22.6 Å². The Balaban J connectivity index is 2.45. The van der Waals surface area contributed by atoms with E-state index < -0.39 is 0 Å². The molecule has 0 saturated heterocycles. The number of aryl methyl sites for hydroxylation is 1. The number of furan rings is 1. The first-order chi connectivity index (χ1) is 8.15. The van der Waals surface area contributed by atoms with Crippen LogP contribution in [0.4, 0.5) is 0 Å². The van der Waals surface area contributed by atoms with E-state index in [0.29, 0.717) is 16.4 Å². The van der Waals surface area contributed by atoms with Gasteiger partial charge in [0.1, 0.15) is 11.5 Å². The molecule has 4 nitrogen and oxygen atoms in total. The first kappa shape index (κ1) is 11.8. The van der Waals surface area contributed by atoms with Crippen molar-refractivity contribution in [3.05, 3.63) is 34.3 Å². The molecule has 1 unspecified atom stereocenters. The van der Waals surface area contributed by atoms with Gasteiger partial charge in [0.15, 0.2) is 0 Å². The predicted octanol–water partition coefficient (Wildman–Crippen LogP) is 2.29. The van der Waals surface area contributed by atoms with E-state index in [4.69, 9.17) is 4.42 Å². The van der Waals surface area contributed by atoms with Crippen molar-refractivity contribution in [1.29, 1.82) is 5.26 Å². The van der Waals surface area contributed by atoms with Crippen molar-refractivity contribution in [3.63, 3.8) is 0 Å². The van der Waals surface area contributed by atoms with Crippen LogP contribution >= 0.6 is 11.8 Å². The number of carbonyl (C=O) groups is 1. The third-order valence-electron chi connectivity index (χ3n) is 2.66. The van der Waals surface area contributed by atoms with Crippen molar-refractivity contribution in [2.24, 2.45) is 0 Å². The van der Waals surface area contributed by atoms with Gasteiger partial charge < -0.3 is 9.73 Å². The zero-order valence-electron chi connectivity index (χ0n) is 9.61. The van der Waals surface area contributed by atoms with Crippen LogP contribution in [0.15, 0.2) is 27.2 Å². The van der Waals surface area contributed by atoms with Gasteiger partial charge in [0.25, 0.3) is 0 Å². The fraction of sp³-hybridized carbons (Fsp3) is 0.333. The first-order valence-electron chi connectivity index (χ1n) is 5.20. The number of hydrogen-bond acceptors (Lipinski definition) is 4. The van der Waals surface area contributed by atoms with E-state index in [1.54, 1.807) is 0 Å². The quantitative estimate of drug-likeness (QED) is 0.872. The summed E-state index contributed by atoms with van der Waals surface area (Å²) in [6.07, 6.45) is 2.10. The lowest BCUT2D eigenvalue weighted by atomic mass is 9.92. The SMILES string of the molecule is CSC1=C(C#N)C(c2ccc(C)o2)CC(=O)N1. The Kier molecular flexibility index (Phi) is 3.25. The van der Waals surface area contributed by atoms with Gasteiger partial charge in [0, 0.05) is 6.42 Å². The number of allylic oxidation sites excluding steroid dienone is 1. The highest BCUT2D eigenvalue weighted by Crippen LogP contribution is 2.35. The molecule has 0 fully saturated rings. The van der Waals surface area contributed by atoms with Crippen LogP contribution in [0, 0.1) is 18.3 Å². The van der Waals surface area contributed by atoms with Crippen LogP contribution < -0.4 is 5.32 Å². The lowest BCUT2D eigenvalue weighted by Gasteiger charge is -2.22. The summed E-state index contributed by atoms with van der Waals surface area (Å²) in [6.45, 7) is 1.84. The summed E-state index contributed by atoms with van der Waals surface area (Å²) in [5.41, 5.74) is 0.575. The van der Waals surface area contributed by atoms with Gasteiger partial charge in [0.2, 0.25) is 5.91 Å². The van der Waals surface area contributed by atoms with Gasteiger partial charge in [-0.25, -0.2) is 0 Å². The molecule has 1 aromatic heterocycles. The molecule has 0 saturated carbocycles. The van der Waals surface area contributed by atoms with Crippen LogP contribution in [0.5, 0.6) is 0 Å². The number of rotatable bonds is 2. The fourth-order valence-electron chi connectivity index (χ4n) is 1.86. The zero-order valence-corrected chi connectivity index (χ0v) is 10.4. The molecule has 1 aliphatic rings. The minimum absolute atomic E-state index is 0.0765. The second kappa shape index (κ2) is 4.68. The van der Waals surface area contributed by atoms with Crippen LogP contribution in [-0.4, -0.2) is 12.2 Å². The molecule has 0 spiro atoms. The summed E-state index contributed by atoms with van der Waals surface area (Å²) in [5, 5.41) is 12.5. The third-order valence-corrected chi connectivity index (χ3v) is 3.39. The van der Waals surface area contributed by atoms with Crippen LogP contribution in [0.1, 0.15) is 23.9 Å². The molecule has 2 rings (SSSR count). The number of hydrogen-bond donors (Lipinski definition) is 1. The van der Waals surface area contributed by atoms with Crippen molar-refractivity contribution in [3.8, 4) is 6.07 Å². The highest BCUT2D eigenvalue weighted by Gasteiger charge is 2.30. The molecule has 0 radical (unpaired) electrons. The van der Waals surface area contributed by atoms with E-state index in [0.717, 1.165) is 5.76 Å². The maximum atomic E-state index is 11.6. The van der Waals surface area contributed by atoms with Gasteiger partial charge in [-0.1, -0.05) is 0 Å². The molecule has 0 aliphatic carbocycles. The monoisotopic (exact) mass is 248 g/mol. The zero-order chi connectivity index (χ0) is 12.4. The van der Waals surface area contributed by atoms with Gasteiger partial charge >= 0.3 is 0 Å². The van der Waals surface area contributed by atoms with E-state index >= 15 is 0 Å². The van der Waals surface area contributed by atoms with Gasteiger partial charge in [-0.05, 0) is 25.3 Å². The predicted molar refractivity (Wildman–Crippen MR) is 65.1 cm³/mol. The van der Waals surface area contributed by atoms with Gasteiger partial charge in [-0.3, -0.25) is 4.79 Å². The van der Waals surface area contributed by atoms with Crippen molar-refractivity contribution in [2.75, 3.05) is 6.26 Å². The molecule has 1 amide bonds. The summed E-state index contributed by atoms with van der Waals surface area (Å²) >= 11 is 1.37. The highest BCUT2D eigenvalue weighted by molar-refractivity contribution is 8.02. The Labute approximate surface area is 104 Å². The van der Waals surface area contributed by atoms with Crippen LogP contribution in [0.3, 0.4) is 0 Å².